The minimum Gasteiger partial charge on any atom is -0.380 e. The minimum absolute atomic E-state index is 0.0597. The number of carbonyl (C=O) groups is 2. The van der Waals surface area contributed by atoms with E-state index in [9.17, 15) is 18.8 Å². The summed E-state index contributed by atoms with van der Waals surface area (Å²) in [6.07, 6.45) is 6.81. The molecule has 2 atom stereocenters. The van der Waals surface area contributed by atoms with E-state index in [1.807, 2.05) is 0 Å². The highest BCUT2D eigenvalue weighted by Gasteiger charge is 2.40. The lowest BCUT2D eigenvalue weighted by molar-refractivity contribution is -0.119. The van der Waals surface area contributed by atoms with Gasteiger partial charge in [-0.05, 0) is 49.4 Å². The van der Waals surface area contributed by atoms with Crippen molar-refractivity contribution < 1.29 is 18.7 Å². The number of halogens is 1. The number of ether oxygens (including phenoxy) is 1. The molecule has 0 radical (unpaired) electrons. The van der Waals surface area contributed by atoms with E-state index in [0.29, 0.717) is 22.5 Å². The van der Waals surface area contributed by atoms with Gasteiger partial charge in [0.05, 0.1) is 17.5 Å². The van der Waals surface area contributed by atoms with E-state index in [0.717, 1.165) is 0 Å². The Morgan fingerprint density at radius 1 is 1.14 bits per heavy atom. The molecule has 2 heterocycles. The molecule has 4 rings (SSSR count). The highest BCUT2D eigenvalue weighted by Crippen LogP contribution is 2.25. The summed E-state index contributed by atoms with van der Waals surface area (Å²) in [5.41, 5.74) is 1.72. The first-order valence-corrected chi connectivity index (χ1v) is 11.3. The summed E-state index contributed by atoms with van der Waals surface area (Å²) in [6, 6.07) is 12.8. The van der Waals surface area contributed by atoms with Crippen molar-refractivity contribution in [2.45, 2.75) is 25.5 Å². The topological polar surface area (TPSA) is 92.7 Å². The van der Waals surface area contributed by atoms with Gasteiger partial charge in [0.15, 0.2) is 0 Å². The third kappa shape index (κ3) is 5.14. The Labute approximate surface area is 207 Å². The molecule has 2 N–H and O–H groups in total. The van der Waals surface area contributed by atoms with Crippen molar-refractivity contribution >= 4 is 23.3 Å². The predicted molar refractivity (Wildman–Crippen MR) is 135 cm³/mol. The summed E-state index contributed by atoms with van der Waals surface area (Å²) < 4.78 is 21.6. The summed E-state index contributed by atoms with van der Waals surface area (Å²) in [5, 5.41) is 5.32. The van der Waals surface area contributed by atoms with Gasteiger partial charge in [0.1, 0.15) is 11.9 Å². The number of amides is 3. The Morgan fingerprint density at radius 2 is 1.89 bits per heavy atom. The van der Waals surface area contributed by atoms with Crippen LogP contribution in [-0.2, 0) is 9.53 Å². The standard InChI is InChI=1S/C27H25FN4O4/c1-4-18-7-9-19(10-8-18)29-27(35)32-16-21(36-3)15-24(32)25(33)30-23-12-11-20(14-22(23)28)31-13-5-6-17(2)26(31)34/h1,5-14,21,24H,15-16H2,2-3H3,(H,29,35)(H,30,33). The highest BCUT2D eigenvalue weighted by molar-refractivity contribution is 5.99. The molecule has 0 saturated carbocycles. The molecule has 1 aliphatic heterocycles. The largest absolute Gasteiger partial charge is 0.380 e. The maximum absolute atomic E-state index is 14.9. The van der Waals surface area contributed by atoms with Gasteiger partial charge in [-0.3, -0.25) is 14.2 Å². The van der Waals surface area contributed by atoms with E-state index < -0.39 is 23.8 Å². The molecule has 0 bridgehead atoms. The maximum Gasteiger partial charge on any atom is 0.322 e. The number of carbonyl (C=O) groups excluding carboxylic acids is 2. The number of methoxy groups -OCH3 is 1. The van der Waals surface area contributed by atoms with Gasteiger partial charge in [-0.15, -0.1) is 6.42 Å². The molecule has 1 saturated heterocycles. The van der Waals surface area contributed by atoms with Gasteiger partial charge < -0.3 is 20.3 Å². The molecular weight excluding hydrogens is 463 g/mol. The number of hydrogen-bond donors (Lipinski definition) is 2. The number of aryl methyl sites for hydroxylation is 1. The first-order valence-electron chi connectivity index (χ1n) is 11.3. The minimum atomic E-state index is -0.876. The van der Waals surface area contributed by atoms with E-state index >= 15 is 0 Å². The van der Waals surface area contributed by atoms with Crippen LogP contribution in [0.5, 0.6) is 0 Å². The van der Waals surface area contributed by atoms with Crippen LogP contribution in [0, 0.1) is 25.1 Å². The number of pyridine rings is 1. The number of terminal acetylenes is 1. The highest BCUT2D eigenvalue weighted by atomic mass is 19.1. The predicted octanol–water partition coefficient (Wildman–Crippen LogP) is 3.53. The number of anilines is 2. The van der Waals surface area contributed by atoms with Gasteiger partial charge in [0.25, 0.3) is 5.56 Å². The van der Waals surface area contributed by atoms with Crippen molar-refractivity contribution in [1.82, 2.24) is 9.47 Å². The summed E-state index contributed by atoms with van der Waals surface area (Å²) in [4.78, 5) is 39.8. The lowest BCUT2D eigenvalue weighted by Gasteiger charge is -2.24. The first-order chi connectivity index (χ1) is 17.3. The average molecular weight is 489 g/mol. The van der Waals surface area contributed by atoms with Gasteiger partial charge in [-0.1, -0.05) is 12.0 Å². The maximum atomic E-state index is 14.9. The number of rotatable bonds is 5. The first kappa shape index (κ1) is 24.7. The van der Waals surface area contributed by atoms with Crippen molar-refractivity contribution in [2.24, 2.45) is 0 Å². The molecular formula is C27H25FN4O4. The molecule has 184 valence electrons. The Bertz CT molecular complexity index is 1390. The molecule has 3 aromatic rings. The molecule has 36 heavy (non-hydrogen) atoms. The monoisotopic (exact) mass is 488 g/mol. The third-order valence-electron chi connectivity index (χ3n) is 6.09. The zero-order chi connectivity index (χ0) is 25.8. The van der Waals surface area contributed by atoms with E-state index in [1.165, 1.54) is 34.8 Å². The van der Waals surface area contributed by atoms with Gasteiger partial charge in [-0.2, -0.15) is 0 Å². The van der Waals surface area contributed by atoms with Gasteiger partial charge in [0, 0.05) is 49.2 Å². The van der Waals surface area contributed by atoms with Gasteiger partial charge in [0.2, 0.25) is 5.91 Å². The fraction of sp³-hybridized carbons (Fsp3) is 0.222. The molecule has 9 heteroatoms. The summed E-state index contributed by atoms with van der Waals surface area (Å²) in [7, 11) is 1.51. The second-order valence-corrected chi connectivity index (χ2v) is 8.43. The van der Waals surface area contributed by atoms with Crippen LogP contribution in [0.25, 0.3) is 5.69 Å². The van der Waals surface area contributed by atoms with Crippen molar-refractivity contribution in [3.63, 3.8) is 0 Å². The number of hydrogen-bond acceptors (Lipinski definition) is 4. The van der Waals surface area contributed by atoms with E-state index in [1.54, 1.807) is 49.5 Å². The van der Waals surface area contributed by atoms with Crippen LogP contribution < -0.4 is 16.2 Å². The van der Waals surface area contributed by atoms with Crippen LogP contribution >= 0.6 is 0 Å². The number of benzene rings is 2. The van der Waals surface area contributed by atoms with E-state index in [4.69, 9.17) is 11.2 Å². The third-order valence-corrected chi connectivity index (χ3v) is 6.09. The summed E-state index contributed by atoms with van der Waals surface area (Å²) in [6.45, 7) is 1.87. The van der Waals surface area contributed by atoms with E-state index in [2.05, 4.69) is 16.6 Å². The molecule has 2 unspecified atom stereocenters. The van der Waals surface area contributed by atoms with Crippen molar-refractivity contribution in [1.29, 1.82) is 0 Å². The Morgan fingerprint density at radius 3 is 2.56 bits per heavy atom. The molecule has 2 aromatic carbocycles. The molecule has 1 aromatic heterocycles. The van der Waals surface area contributed by atoms with Crippen LogP contribution in [-0.4, -0.2) is 47.2 Å². The van der Waals surface area contributed by atoms with Crippen molar-refractivity contribution in [3.05, 3.63) is 88.1 Å². The Hall–Kier alpha value is -4.42. The number of aromatic nitrogens is 1. The lowest BCUT2D eigenvalue weighted by atomic mass is 10.1. The lowest BCUT2D eigenvalue weighted by Crippen LogP contribution is -2.45. The second-order valence-electron chi connectivity index (χ2n) is 8.43. The molecule has 0 aliphatic carbocycles. The number of nitrogens with zero attached hydrogens (tertiary/aromatic N) is 2. The molecule has 1 fully saturated rings. The van der Waals surface area contributed by atoms with Crippen molar-refractivity contribution in [3.8, 4) is 18.0 Å². The van der Waals surface area contributed by atoms with Crippen LogP contribution in [0.3, 0.4) is 0 Å². The fourth-order valence-corrected chi connectivity index (χ4v) is 4.06. The summed E-state index contributed by atoms with van der Waals surface area (Å²) >= 11 is 0. The Kier molecular flexibility index (Phi) is 7.17. The zero-order valence-electron chi connectivity index (χ0n) is 19.8. The number of likely N-dealkylation sites (tertiary alicyclic amines) is 1. The van der Waals surface area contributed by atoms with Crippen LogP contribution in [0.4, 0.5) is 20.6 Å². The molecule has 3 amide bonds. The average Bonchev–Trinajstić information content (AvgIpc) is 3.32. The van der Waals surface area contributed by atoms with Crippen LogP contribution in [0.1, 0.15) is 17.5 Å². The quantitative estimate of drug-likeness (QED) is 0.538. The van der Waals surface area contributed by atoms with E-state index in [-0.39, 0.29) is 30.3 Å². The van der Waals surface area contributed by atoms with Gasteiger partial charge in [-0.25, -0.2) is 9.18 Å². The van der Waals surface area contributed by atoms with Crippen molar-refractivity contribution in [2.75, 3.05) is 24.3 Å². The Balaban J connectivity index is 1.50. The van der Waals surface area contributed by atoms with Crippen LogP contribution in [0.15, 0.2) is 65.6 Å². The summed E-state index contributed by atoms with van der Waals surface area (Å²) in [5.74, 6) is 1.25. The van der Waals surface area contributed by atoms with Crippen LogP contribution in [0.2, 0.25) is 0 Å². The molecule has 1 aliphatic rings. The number of nitrogens with one attached hydrogen (secondary N) is 2. The fourth-order valence-electron chi connectivity index (χ4n) is 4.06. The normalized spacial score (nSPS) is 16.9. The van der Waals surface area contributed by atoms with Gasteiger partial charge >= 0.3 is 6.03 Å². The second kappa shape index (κ2) is 10.5. The molecule has 0 spiro atoms. The zero-order valence-corrected chi connectivity index (χ0v) is 19.8. The SMILES string of the molecule is C#Cc1ccc(NC(=O)N2CC(OC)CC2C(=O)Nc2ccc(-n3cccc(C)c3=O)cc2F)cc1. The smallest absolute Gasteiger partial charge is 0.322 e. The number of urea groups is 1. The molecule has 8 nitrogen and oxygen atoms in total.